The number of H-pyrrole nitrogens is 1. The highest BCUT2D eigenvalue weighted by molar-refractivity contribution is 7.71. The third kappa shape index (κ3) is 2.99. The van der Waals surface area contributed by atoms with E-state index in [0.29, 0.717) is 4.77 Å². The minimum Gasteiger partial charge on any atom is -0.303 e. The second kappa shape index (κ2) is 6.33. The number of nitrogens with one attached hydrogen (secondary N) is 1. The molecule has 0 unspecified atom stereocenters. The standard InChI is InChI=1S/C15H20N4S/c20-15-17-16-14(13-7-2-1-3-8-13)19(15)12-6-11-18-9-4-5-10-18/h1-3,7-8H,4-6,9-12H2,(H,17,20). The van der Waals surface area contributed by atoms with E-state index in [2.05, 4.69) is 31.8 Å². The summed E-state index contributed by atoms with van der Waals surface area (Å²) in [6, 6.07) is 10.2. The SMILES string of the molecule is S=c1[nH]nc(-c2ccccc2)n1CCCN1CCCC1. The molecule has 1 aliphatic rings. The van der Waals surface area contributed by atoms with Crippen LogP contribution >= 0.6 is 12.2 Å². The summed E-state index contributed by atoms with van der Waals surface area (Å²) >= 11 is 5.35. The molecule has 1 N–H and O–H groups in total. The van der Waals surface area contributed by atoms with Crippen LogP contribution in [0.5, 0.6) is 0 Å². The lowest BCUT2D eigenvalue weighted by Crippen LogP contribution is -2.21. The van der Waals surface area contributed by atoms with E-state index in [9.17, 15) is 0 Å². The van der Waals surface area contributed by atoms with Crippen LogP contribution in [0.2, 0.25) is 0 Å². The minimum absolute atomic E-state index is 0.713. The fraction of sp³-hybridized carbons (Fsp3) is 0.467. The van der Waals surface area contributed by atoms with Crippen LogP contribution in [0.25, 0.3) is 11.4 Å². The summed E-state index contributed by atoms with van der Waals surface area (Å²) in [5, 5.41) is 7.28. The molecule has 3 rings (SSSR count). The Bertz CT molecular complexity index is 596. The van der Waals surface area contributed by atoms with E-state index in [-0.39, 0.29) is 0 Å². The Kier molecular flexibility index (Phi) is 4.28. The van der Waals surface area contributed by atoms with Gasteiger partial charge in [0.1, 0.15) is 0 Å². The number of hydrogen-bond acceptors (Lipinski definition) is 3. The maximum Gasteiger partial charge on any atom is 0.195 e. The van der Waals surface area contributed by atoms with Crippen molar-refractivity contribution >= 4 is 12.2 Å². The van der Waals surface area contributed by atoms with Crippen LogP contribution in [0.15, 0.2) is 30.3 Å². The summed E-state index contributed by atoms with van der Waals surface area (Å²) in [6.45, 7) is 4.59. The van der Waals surface area contributed by atoms with Crippen LogP contribution in [-0.4, -0.2) is 39.3 Å². The number of aromatic amines is 1. The van der Waals surface area contributed by atoms with Gasteiger partial charge >= 0.3 is 0 Å². The lowest BCUT2D eigenvalue weighted by Gasteiger charge is -2.14. The monoisotopic (exact) mass is 288 g/mol. The maximum absolute atomic E-state index is 5.35. The number of benzene rings is 1. The normalized spacial score (nSPS) is 15.8. The summed E-state index contributed by atoms with van der Waals surface area (Å²) in [5.41, 5.74) is 1.11. The van der Waals surface area contributed by atoms with Crippen LogP contribution in [-0.2, 0) is 6.54 Å². The number of likely N-dealkylation sites (tertiary alicyclic amines) is 1. The van der Waals surface area contributed by atoms with Crippen molar-refractivity contribution in [2.45, 2.75) is 25.8 Å². The first-order chi connectivity index (χ1) is 9.84. The molecule has 20 heavy (non-hydrogen) atoms. The molecule has 0 bridgehead atoms. The highest BCUT2D eigenvalue weighted by Crippen LogP contribution is 2.17. The van der Waals surface area contributed by atoms with Crippen LogP contribution in [0.4, 0.5) is 0 Å². The first-order valence-electron chi connectivity index (χ1n) is 7.27. The molecule has 2 heterocycles. The predicted molar refractivity (Wildman–Crippen MR) is 83.1 cm³/mol. The molecule has 1 fully saturated rings. The van der Waals surface area contributed by atoms with Gasteiger partial charge in [-0.25, -0.2) is 0 Å². The van der Waals surface area contributed by atoms with Crippen molar-refractivity contribution in [3.63, 3.8) is 0 Å². The lowest BCUT2D eigenvalue weighted by molar-refractivity contribution is 0.325. The molecule has 106 valence electrons. The molecule has 4 nitrogen and oxygen atoms in total. The van der Waals surface area contributed by atoms with Gasteiger partial charge in [0.2, 0.25) is 0 Å². The van der Waals surface area contributed by atoms with E-state index >= 15 is 0 Å². The molecule has 0 saturated carbocycles. The third-order valence-corrected chi connectivity index (χ3v) is 4.16. The van der Waals surface area contributed by atoms with E-state index in [1.54, 1.807) is 0 Å². The average Bonchev–Trinajstić information content (AvgIpc) is 3.11. The summed E-state index contributed by atoms with van der Waals surface area (Å²) in [7, 11) is 0. The van der Waals surface area contributed by atoms with Gasteiger partial charge in [-0.1, -0.05) is 30.3 Å². The van der Waals surface area contributed by atoms with Crippen molar-refractivity contribution in [2.75, 3.05) is 19.6 Å². The zero-order chi connectivity index (χ0) is 13.8. The lowest BCUT2D eigenvalue weighted by atomic mass is 10.2. The largest absolute Gasteiger partial charge is 0.303 e. The van der Waals surface area contributed by atoms with Crippen molar-refractivity contribution in [1.82, 2.24) is 19.7 Å². The third-order valence-electron chi connectivity index (χ3n) is 3.85. The van der Waals surface area contributed by atoms with Gasteiger partial charge in [-0.15, -0.1) is 0 Å². The fourth-order valence-electron chi connectivity index (χ4n) is 2.79. The second-order valence-electron chi connectivity index (χ2n) is 5.27. The molecule has 5 heteroatoms. The topological polar surface area (TPSA) is 36.9 Å². The van der Waals surface area contributed by atoms with Gasteiger partial charge in [0.25, 0.3) is 0 Å². The Morgan fingerprint density at radius 2 is 1.85 bits per heavy atom. The van der Waals surface area contributed by atoms with E-state index in [4.69, 9.17) is 12.2 Å². The highest BCUT2D eigenvalue weighted by Gasteiger charge is 2.12. The van der Waals surface area contributed by atoms with E-state index in [0.717, 1.165) is 30.9 Å². The summed E-state index contributed by atoms with van der Waals surface area (Å²) in [4.78, 5) is 2.53. The summed E-state index contributed by atoms with van der Waals surface area (Å²) in [5.74, 6) is 0.942. The van der Waals surface area contributed by atoms with Crippen LogP contribution in [0.1, 0.15) is 19.3 Å². The quantitative estimate of drug-likeness (QED) is 0.859. The zero-order valence-electron chi connectivity index (χ0n) is 11.6. The van der Waals surface area contributed by atoms with E-state index in [1.165, 1.54) is 25.9 Å². The van der Waals surface area contributed by atoms with Gasteiger partial charge in [-0.2, -0.15) is 5.10 Å². The smallest absolute Gasteiger partial charge is 0.195 e. The second-order valence-corrected chi connectivity index (χ2v) is 5.66. The Balaban J connectivity index is 1.69. The number of aromatic nitrogens is 3. The van der Waals surface area contributed by atoms with Crippen molar-refractivity contribution in [3.05, 3.63) is 35.1 Å². The Hall–Kier alpha value is -1.46. The van der Waals surface area contributed by atoms with Gasteiger partial charge < -0.3 is 9.47 Å². The fourth-order valence-corrected chi connectivity index (χ4v) is 3.01. The van der Waals surface area contributed by atoms with Crippen molar-refractivity contribution in [1.29, 1.82) is 0 Å². The highest BCUT2D eigenvalue weighted by atomic mass is 32.1. The van der Waals surface area contributed by atoms with E-state index < -0.39 is 0 Å². The van der Waals surface area contributed by atoms with Crippen LogP contribution in [0.3, 0.4) is 0 Å². The molecule has 1 aliphatic heterocycles. The van der Waals surface area contributed by atoms with Crippen LogP contribution < -0.4 is 0 Å². The molecule has 0 amide bonds. The first kappa shape index (κ1) is 13.5. The minimum atomic E-state index is 0.713. The molecule has 1 aromatic carbocycles. The van der Waals surface area contributed by atoms with Gasteiger partial charge in [-0.3, -0.25) is 5.10 Å². The predicted octanol–water partition coefficient (Wildman–Crippen LogP) is 3.09. The summed E-state index contributed by atoms with van der Waals surface area (Å²) in [6.07, 6.45) is 3.81. The van der Waals surface area contributed by atoms with Crippen molar-refractivity contribution in [3.8, 4) is 11.4 Å². The molecule has 0 radical (unpaired) electrons. The molecular weight excluding hydrogens is 268 g/mol. The summed E-state index contributed by atoms with van der Waals surface area (Å²) < 4.78 is 2.83. The molecular formula is C15H20N4S. The van der Waals surface area contributed by atoms with Gasteiger partial charge in [0, 0.05) is 12.1 Å². The zero-order valence-corrected chi connectivity index (χ0v) is 12.4. The molecule has 0 atom stereocenters. The average molecular weight is 288 g/mol. The Morgan fingerprint density at radius 3 is 2.60 bits per heavy atom. The molecule has 1 aromatic heterocycles. The Morgan fingerprint density at radius 1 is 1.10 bits per heavy atom. The number of rotatable bonds is 5. The first-order valence-corrected chi connectivity index (χ1v) is 7.68. The maximum atomic E-state index is 5.35. The van der Waals surface area contributed by atoms with Crippen LogP contribution in [0, 0.1) is 4.77 Å². The van der Waals surface area contributed by atoms with Crippen molar-refractivity contribution < 1.29 is 0 Å². The van der Waals surface area contributed by atoms with E-state index in [1.807, 2.05) is 18.2 Å². The van der Waals surface area contributed by atoms with Gasteiger partial charge in [0.15, 0.2) is 10.6 Å². The Labute approximate surface area is 124 Å². The number of nitrogens with zero attached hydrogens (tertiary/aromatic N) is 3. The molecule has 2 aromatic rings. The molecule has 0 aliphatic carbocycles. The molecule has 0 spiro atoms. The van der Waals surface area contributed by atoms with Gasteiger partial charge in [0.05, 0.1) is 0 Å². The molecule has 1 saturated heterocycles. The van der Waals surface area contributed by atoms with Crippen molar-refractivity contribution in [2.24, 2.45) is 0 Å². The van der Waals surface area contributed by atoms with Gasteiger partial charge in [-0.05, 0) is 51.1 Å². The number of hydrogen-bond donors (Lipinski definition) is 1.